The number of rotatable bonds is 4. The van der Waals surface area contributed by atoms with Gasteiger partial charge in [-0.2, -0.15) is 5.10 Å². The number of pyridine rings is 1. The lowest BCUT2D eigenvalue weighted by atomic mass is 9.88. The number of ether oxygens (including phenoxy) is 1. The zero-order valence-electron chi connectivity index (χ0n) is 20.3. The number of amides is 1. The van der Waals surface area contributed by atoms with Crippen LogP contribution in [0.15, 0.2) is 49.4 Å². The molecule has 182 valence electrons. The Balaban J connectivity index is 1.23. The summed E-state index contributed by atoms with van der Waals surface area (Å²) in [6, 6.07) is 6.62. The molecule has 1 amide bonds. The number of aryl methyl sites for hydroxylation is 1. The Morgan fingerprint density at radius 3 is 2.94 bits per heavy atom. The minimum atomic E-state index is 0.0191. The average Bonchev–Trinajstić information content (AvgIpc) is 3.47. The molecule has 1 atom stereocenters. The van der Waals surface area contributed by atoms with Gasteiger partial charge in [-0.25, -0.2) is 4.98 Å². The van der Waals surface area contributed by atoms with Crippen molar-refractivity contribution in [1.82, 2.24) is 24.6 Å². The fourth-order valence-electron chi connectivity index (χ4n) is 5.48. The first-order valence-electron chi connectivity index (χ1n) is 12.2. The molecule has 0 radical (unpaired) electrons. The summed E-state index contributed by atoms with van der Waals surface area (Å²) in [7, 11) is 1.90. The largest absolute Gasteiger partial charge is 0.485 e. The smallest absolute Gasteiger partial charge is 0.246 e. The molecule has 2 aromatic heterocycles. The standard InChI is InChI=1S/C28H28N6O2/c1-4-18-10-19(21-14-34(15-21)22-7-9-33(16-22)26(35)5-2)11-25-27(18)36-17-24-23(6-8-29-28(24)31-25)20-12-30-32(3)13-20/h1,5-6,8,10-13,21-22H,2,7,9,14-17H2,3H3,(H,29,31)/t22-/m1/s1. The van der Waals surface area contributed by atoms with Gasteiger partial charge < -0.3 is 15.0 Å². The van der Waals surface area contributed by atoms with Crippen LogP contribution in [0, 0.1) is 12.3 Å². The van der Waals surface area contributed by atoms with Crippen LogP contribution in [0.1, 0.15) is 29.0 Å². The van der Waals surface area contributed by atoms with Crippen molar-refractivity contribution in [3.63, 3.8) is 0 Å². The molecule has 5 heterocycles. The minimum absolute atomic E-state index is 0.0191. The molecule has 3 aliphatic heterocycles. The molecule has 1 aromatic carbocycles. The number of fused-ring (bicyclic) bond motifs is 2. The number of carbonyl (C=O) groups excluding carboxylic acids is 1. The van der Waals surface area contributed by atoms with E-state index in [2.05, 4.69) is 44.9 Å². The highest BCUT2D eigenvalue weighted by molar-refractivity contribution is 5.87. The van der Waals surface area contributed by atoms with Crippen molar-refractivity contribution in [2.24, 2.45) is 7.05 Å². The first kappa shape index (κ1) is 22.4. The molecule has 8 heteroatoms. The third-order valence-electron chi connectivity index (χ3n) is 7.50. The van der Waals surface area contributed by atoms with Crippen molar-refractivity contribution >= 4 is 17.4 Å². The van der Waals surface area contributed by atoms with Crippen molar-refractivity contribution in [3.05, 3.63) is 66.1 Å². The first-order valence-corrected chi connectivity index (χ1v) is 12.2. The van der Waals surface area contributed by atoms with Crippen LogP contribution in [0.4, 0.5) is 11.5 Å². The zero-order chi connectivity index (χ0) is 24.8. The summed E-state index contributed by atoms with van der Waals surface area (Å²) in [4.78, 5) is 20.9. The number of aromatic nitrogens is 3. The van der Waals surface area contributed by atoms with Crippen LogP contribution < -0.4 is 10.1 Å². The van der Waals surface area contributed by atoms with Gasteiger partial charge in [0, 0.05) is 68.7 Å². The molecule has 6 rings (SSSR count). The van der Waals surface area contributed by atoms with Crippen LogP contribution in [-0.2, 0) is 18.4 Å². The van der Waals surface area contributed by atoms with E-state index in [-0.39, 0.29) is 5.91 Å². The van der Waals surface area contributed by atoms with Crippen molar-refractivity contribution in [2.75, 3.05) is 31.5 Å². The number of hydrogen-bond acceptors (Lipinski definition) is 6. The molecule has 1 N–H and O–H groups in total. The molecule has 2 fully saturated rings. The number of terminal acetylenes is 1. The maximum atomic E-state index is 11.9. The molecule has 3 aromatic rings. The van der Waals surface area contributed by atoms with Gasteiger partial charge in [0.2, 0.25) is 5.91 Å². The van der Waals surface area contributed by atoms with Crippen LogP contribution in [0.25, 0.3) is 11.1 Å². The molecule has 0 saturated carbocycles. The summed E-state index contributed by atoms with van der Waals surface area (Å²) in [5.41, 5.74) is 5.80. The maximum Gasteiger partial charge on any atom is 0.246 e. The van der Waals surface area contributed by atoms with Crippen molar-refractivity contribution in [1.29, 1.82) is 0 Å². The summed E-state index contributed by atoms with van der Waals surface area (Å²) in [5, 5.41) is 7.81. The third kappa shape index (κ3) is 3.82. The van der Waals surface area contributed by atoms with E-state index in [1.54, 1.807) is 10.9 Å². The van der Waals surface area contributed by atoms with E-state index < -0.39 is 0 Å². The van der Waals surface area contributed by atoms with E-state index in [1.807, 2.05) is 30.4 Å². The predicted octanol–water partition coefficient (Wildman–Crippen LogP) is 3.29. The number of likely N-dealkylation sites (tertiary alicyclic amines) is 2. The van der Waals surface area contributed by atoms with E-state index in [4.69, 9.17) is 11.2 Å². The Kier molecular flexibility index (Phi) is 5.50. The summed E-state index contributed by atoms with van der Waals surface area (Å²) < 4.78 is 8.06. The number of carbonyl (C=O) groups is 1. The Bertz CT molecular complexity index is 1400. The molecule has 0 spiro atoms. The van der Waals surface area contributed by atoms with Crippen molar-refractivity contribution in [3.8, 4) is 29.2 Å². The molecule has 0 aliphatic carbocycles. The van der Waals surface area contributed by atoms with Gasteiger partial charge in [0.15, 0.2) is 5.75 Å². The molecule has 0 bridgehead atoms. The van der Waals surface area contributed by atoms with E-state index in [1.165, 1.54) is 11.6 Å². The second-order valence-corrected chi connectivity index (χ2v) is 9.67. The predicted molar refractivity (Wildman–Crippen MR) is 138 cm³/mol. The number of hydrogen-bond donors (Lipinski definition) is 1. The lowest BCUT2D eigenvalue weighted by Crippen LogP contribution is -2.51. The highest BCUT2D eigenvalue weighted by Gasteiger charge is 2.38. The zero-order valence-corrected chi connectivity index (χ0v) is 20.3. The van der Waals surface area contributed by atoms with Crippen LogP contribution in [0.3, 0.4) is 0 Å². The fourth-order valence-corrected chi connectivity index (χ4v) is 5.48. The van der Waals surface area contributed by atoms with Crippen molar-refractivity contribution < 1.29 is 9.53 Å². The van der Waals surface area contributed by atoms with Crippen molar-refractivity contribution in [2.45, 2.75) is 25.0 Å². The molecule has 2 saturated heterocycles. The molecule has 8 nitrogen and oxygen atoms in total. The monoisotopic (exact) mass is 480 g/mol. The Morgan fingerprint density at radius 1 is 1.33 bits per heavy atom. The van der Waals surface area contributed by atoms with E-state index in [0.29, 0.717) is 24.3 Å². The normalized spacial score (nSPS) is 19.2. The number of nitrogens with zero attached hydrogens (tertiary/aromatic N) is 5. The molecule has 36 heavy (non-hydrogen) atoms. The van der Waals surface area contributed by atoms with Crippen LogP contribution in [0.2, 0.25) is 0 Å². The molecule has 0 unspecified atom stereocenters. The lowest BCUT2D eigenvalue weighted by molar-refractivity contribution is -0.125. The van der Waals surface area contributed by atoms with Gasteiger partial charge in [0.05, 0.1) is 17.4 Å². The van der Waals surface area contributed by atoms with Gasteiger partial charge in [-0.3, -0.25) is 14.4 Å². The number of anilines is 2. The SMILES string of the molecule is C#Cc1cc(C2CN([C@@H]3CCN(C(=O)C=C)C3)C2)cc2c1OCc1c(-c3cnn(C)c3)ccnc1N2. The summed E-state index contributed by atoms with van der Waals surface area (Å²) >= 11 is 0. The number of nitrogens with one attached hydrogen (secondary N) is 1. The Morgan fingerprint density at radius 2 is 2.19 bits per heavy atom. The molecule has 3 aliphatic rings. The maximum absolute atomic E-state index is 11.9. The quantitative estimate of drug-likeness (QED) is 0.456. The summed E-state index contributed by atoms with van der Waals surface area (Å²) in [6.45, 7) is 7.44. The number of benzene rings is 1. The van der Waals surface area contributed by atoms with Gasteiger partial charge in [-0.1, -0.05) is 12.5 Å². The fraction of sp³-hybridized carbons (Fsp3) is 0.321. The highest BCUT2D eigenvalue weighted by Crippen LogP contribution is 2.42. The first-order chi connectivity index (χ1) is 17.5. The van der Waals surface area contributed by atoms with E-state index in [9.17, 15) is 4.79 Å². The second-order valence-electron chi connectivity index (χ2n) is 9.67. The van der Waals surface area contributed by atoms with Gasteiger partial charge in [0.1, 0.15) is 12.4 Å². The van der Waals surface area contributed by atoms with Crippen LogP contribution in [-0.4, -0.2) is 62.7 Å². The average molecular weight is 481 g/mol. The third-order valence-corrected chi connectivity index (χ3v) is 7.50. The van der Waals surface area contributed by atoms with Gasteiger partial charge in [-0.15, -0.1) is 6.42 Å². The summed E-state index contributed by atoms with van der Waals surface area (Å²) in [5.74, 6) is 4.68. The summed E-state index contributed by atoms with van der Waals surface area (Å²) in [6.07, 6.45) is 14.0. The van der Waals surface area contributed by atoms with Gasteiger partial charge in [-0.05, 0) is 41.8 Å². The second kappa shape index (κ2) is 8.85. The van der Waals surface area contributed by atoms with E-state index >= 15 is 0 Å². The highest BCUT2D eigenvalue weighted by atomic mass is 16.5. The van der Waals surface area contributed by atoms with Crippen LogP contribution >= 0.6 is 0 Å². The minimum Gasteiger partial charge on any atom is -0.485 e. The molecular formula is C28H28N6O2. The lowest BCUT2D eigenvalue weighted by Gasteiger charge is -2.43. The van der Waals surface area contributed by atoms with E-state index in [0.717, 1.165) is 66.4 Å². The Labute approximate surface area is 210 Å². The topological polar surface area (TPSA) is 75.5 Å². The van der Waals surface area contributed by atoms with Gasteiger partial charge >= 0.3 is 0 Å². The van der Waals surface area contributed by atoms with Crippen LogP contribution in [0.5, 0.6) is 5.75 Å². The van der Waals surface area contributed by atoms with Gasteiger partial charge in [0.25, 0.3) is 0 Å². The Hall–Kier alpha value is -4.09. The molecular weight excluding hydrogens is 452 g/mol.